The molecule has 2 aromatic carbocycles. The molecule has 26 heavy (non-hydrogen) atoms. The summed E-state index contributed by atoms with van der Waals surface area (Å²) in [5.74, 6) is 0.661. The van der Waals surface area contributed by atoms with Crippen LogP contribution in [0.4, 0.5) is 9.52 Å². The van der Waals surface area contributed by atoms with Gasteiger partial charge < -0.3 is 9.64 Å². The zero-order valence-electron chi connectivity index (χ0n) is 14.6. The van der Waals surface area contributed by atoms with Gasteiger partial charge in [-0.15, -0.1) is 10.2 Å². The third-order valence-electron chi connectivity index (χ3n) is 4.70. The summed E-state index contributed by atoms with van der Waals surface area (Å²) in [5.41, 5.74) is 2.29. The van der Waals surface area contributed by atoms with E-state index < -0.39 is 0 Å². The molecule has 0 radical (unpaired) electrons. The number of methoxy groups -OCH3 is 1. The Morgan fingerprint density at radius 2 is 2.04 bits per heavy atom. The fourth-order valence-corrected chi connectivity index (χ4v) is 4.35. The van der Waals surface area contributed by atoms with Crippen LogP contribution < -0.4 is 9.64 Å². The molecule has 0 bridgehead atoms. The topological polar surface area (TPSA) is 38.2 Å². The summed E-state index contributed by atoms with van der Waals surface area (Å²) in [6, 6.07) is 15.1. The molecule has 0 aliphatic carbocycles. The number of rotatable bonds is 5. The van der Waals surface area contributed by atoms with Crippen LogP contribution in [-0.2, 0) is 6.42 Å². The Kier molecular flexibility index (Phi) is 4.84. The maximum atomic E-state index is 13.1. The molecule has 2 heterocycles. The molecule has 6 heteroatoms. The molecule has 4 nitrogen and oxygen atoms in total. The lowest BCUT2D eigenvalue weighted by atomic mass is 10.0. The zero-order valence-corrected chi connectivity index (χ0v) is 15.4. The van der Waals surface area contributed by atoms with Crippen molar-refractivity contribution < 1.29 is 9.13 Å². The van der Waals surface area contributed by atoms with E-state index in [4.69, 9.17) is 4.74 Å². The molecule has 0 amide bonds. The van der Waals surface area contributed by atoms with Gasteiger partial charge in [-0.2, -0.15) is 0 Å². The number of hydrogen-bond donors (Lipinski definition) is 0. The summed E-state index contributed by atoms with van der Waals surface area (Å²) in [5, 5.41) is 10.7. The average Bonchev–Trinajstić information content (AvgIpc) is 3.33. The zero-order chi connectivity index (χ0) is 17.9. The molecule has 4 rings (SSSR count). The maximum absolute atomic E-state index is 13.1. The fraction of sp³-hybridized carbons (Fsp3) is 0.300. The molecule has 1 saturated heterocycles. The third kappa shape index (κ3) is 3.55. The number of aromatic nitrogens is 2. The predicted molar refractivity (Wildman–Crippen MR) is 101 cm³/mol. The standard InChI is InChI=1S/C20H20FN3OS/c1-25-17-5-2-4-15(13-17)18-6-3-11-24(18)20-23-22-19(26-20)12-14-7-9-16(21)10-8-14/h2,4-5,7-10,13,18H,3,6,11-12H2,1H3. The molecule has 134 valence electrons. The van der Waals surface area contributed by atoms with Crippen molar-refractivity contribution in [1.29, 1.82) is 0 Å². The molecule has 3 aromatic rings. The van der Waals surface area contributed by atoms with Crippen LogP contribution in [0.5, 0.6) is 5.75 Å². The van der Waals surface area contributed by atoms with Crippen LogP contribution in [0.1, 0.15) is 35.0 Å². The number of benzene rings is 2. The van der Waals surface area contributed by atoms with E-state index in [0.29, 0.717) is 12.5 Å². The van der Waals surface area contributed by atoms with Gasteiger partial charge in [0.05, 0.1) is 13.2 Å². The van der Waals surface area contributed by atoms with Crippen LogP contribution in [0.3, 0.4) is 0 Å². The van der Waals surface area contributed by atoms with Crippen molar-refractivity contribution in [2.24, 2.45) is 0 Å². The van der Waals surface area contributed by atoms with Gasteiger partial charge in [-0.1, -0.05) is 35.6 Å². The molecular weight excluding hydrogens is 349 g/mol. The molecule has 1 atom stereocenters. The van der Waals surface area contributed by atoms with Gasteiger partial charge in [-0.25, -0.2) is 4.39 Å². The van der Waals surface area contributed by atoms with E-state index in [2.05, 4.69) is 27.2 Å². The lowest BCUT2D eigenvalue weighted by Gasteiger charge is -2.24. The van der Waals surface area contributed by atoms with E-state index in [9.17, 15) is 4.39 Å². The van der Waals surface area contributed by atoms with E-state index in [0.717, 1.165) is 40.8 Å². The third-order valence-corrected chi connectivity index (χ3v) is 5.66. The molecule has 1 fully saturated rings. The molecule has 1 unspecified atom stereocenters. The van der Waals surface area contributed by atoms with E-state index in [-0.39, 0.29) is 5.82 Å². The first-order valence-electron chi connectivity index (χ1n) is 8.70. The van der Waals surface area contributed by atoms with Gasteiger partial charge in [0.1, 0.15) is 16.6 Å². The van der Waals surface area contributed by atoms with Crippen molar-refractivity contribution in [2.75, 3.05) is 18.6 Å². The minimum absolute atomic E-state index is 0.218. The number of hydrogen-bond acceptors (Lipinski definition) is 5. The van der Waals surface area contributed by atoms with Gasteiger partial charge in [-0.05, 0) is 48.2 Å². The lowest BCUT2D eigenvalue weighted by molar-refractivity contribution is 0.414. The monoisotopic (exact) mass is 369 g/mol. The van der Waals surface area contributed by atoms with Gasteiger partial charge >= 0.3 is 0 Å². The Morgan fingerprint density at radius 1 is 1.19 bits per heavy atom. The van der Waals surface area contributed by atoms with Crippen molar-refractivity contribution in [2.45, 2.75) is 25.3 Å². The summed E-state index contributed by atoms with van der Waals surface area (Å²) in [6.07, 6.45) is 2.91. The summed E-state index contributed by atoms with van der Waals surface area (Å²) in [6.45, 7) is 0.979. The van der Waals surface area contributed by atoms with Gasteiger partial charge in [0.15, 0.2) is 0 Å². The Labute approximate surface area is 156 Å². The molecule has 1 aromatic heterocycles. The molecule has 0 spiro atoms. The smallest absolute Gasteiger partial charge is 0.208 e. The highest BCUT2D eigenvalue weighted by Gasteiger charge is 2.29. The van der Waals surface area contributed by atoms with Gasteiger partial charge in [0, 0.05) is 13.0 Å². The minimum Gasteiger partial charge on any atom is -0.497 e. The minimum atomic E-state index is -0.218. The normalized spacial score (nSPS) is 16.8. The van der Waals surface area contributed by atoms with Crippen molar-refractivity contribution in [3.8, 4) is 5.75 Å². The van der Waals surface area contributed by atoms with Gasteiger partial charge in [0.2, 0.25) is 5.13 Å². The molecule has 0 saturated carbocycles. The summed E-state index contributed by atoms with van der Waals surface area (Å²) in [7, 11) is 1.69. The Balaban J connectivity index is 1.53. The van der Waals surface area contributed by atoms with Crippen LogP contribution in [-0.4, -0.2) is 23.9 Å². The first-order chi connectivity index (χ1) is 12.7. The van der Waals surface area contributed by atoms with Crippen molar-refractivity contribution >= 4 is 16.5 Å². The van der Waals surface area contributed by atoms with E-state index in [1.54, 1.807) is 30.6 Å². The highest BCUT2D eigenvalue weighted by Crippen LogP contribution is 2.38. The van der Waals surface area contributed by atoms with Crippen molar-refractivity contribution in [1.82, 2.24) is 10.2 Å². The lowest BCUT2D eigenvalue weighted by Crippen LogP contribution is -2.22. The highest BCUT2D eigenvalue weighted by atomic mass is 32.1. The highest BCUT2D eigenvalue weighted by molar-refractivity contribution is 7.15. The number of anilines is 1. The second-order valence-electron chi connectivity index (χ2n) is 6.41. The largest absolute Gasteiger partial charge is 0.497 e. The van der Waals surface area contributed by atoms with Crippen molar-refractivity contribution in [3.63, 3.8) is 0 Å². The summed E-state index contributed by atoms with van der Waals surface area (Å²) in [4.78, 5) is 2.33. The SMILES string of the molecule is COc1cccc(C2CCCN2c2nnc(Cc3ccc(F)cc3)s2)c1. The second kappa shape index (κ2) is 7.41. The van der Waals surface area contributed by atoms with Crippen molar-refractivity contribution in [3.05, 3.63) is 70.5 Å². The molecule has 1 aliphatic rings. The Bertz CT molecular complexity index is 881. The Morgan fingerprint density at radius 3 is 2.85 bits per heavy atom. The van der Waals surface area contributed by atoms with Gasteiger partial charge in [0.25, 0.3) is 0 Å². The van der Waals surface area contributed by atoms with E-state index in [1.165, 1.54) is 17.7 Å². The van der Waals surface area contributed by atoms with E-state index >= 15 is 0 Å². The number of nitrogens with zero attached hydrogens (tertiary/aromatic N) is 3. The quantitative estimate of drug-likeness (QED) is 0.658. The number of ether oxygens (including phenoxy) is 1. The van der Waals surface area contributed by atoms with Crippen LogP contribution in [0.25, 0.3) is 0 Å². The summed E-state index contributed by atoms with van der Waals surface area (Å²) >= 11 is 1.62. The average molecular weight is 369 g/mol. The summed E-state index contributed by atoms with van der Waals surface area (Å²) < 4.78 is 18.4. The first kappa shape index (κ1) is 17.0. The molecule has 0 N–H and O–H groups in total. The molecular formula is C20H20FN3OS. The fourth-order valence-electron chi connectivity index (χ4n) is 3.40. The van der Waals surface area contributed by atoms with Crippen LogP contribution >= 0.6 is 11.3 Å². The predicted octanol–water partition coefficient (Wildman–Crippen LogP) is 4.62. The first-order valence-corrected chi connectivity index (χ1v) is 9.52. The van der Waals surface area contributed by atoms with E-state index in [1.807, 2.05) is 12.1 Å². The van der Waals surface area contributed by atoms with Gasteiger partial charge in [-0.3, -0.25) is 0 Å². The Hall–Kier alpha value is -2.47. The number of halogens is 1. The maximum Gasteiger partial charge on any atom is 0.208 e. The second-order valence-corrected chi connectivity index (χ2v) is 7.45. The van der Waals surface area contributed by atoms with Crippen LogP contribution in [0.2, 0.25) is 0 Å². The van der Waals surface area contributed by atoms with Crippen LogP contribution in [0.15, 0.2) is 48.5 Å². The van der Waals surface area contributed by atoms with Crippen LogP contribution in [0, 0.1) is 5.82 Å². The molecule has 1 aliphatic heterocycles.